The quantitative estimate of drug-likeness (QED) is 0.365. The number of pyridine rings is 2. The molecule has 0 aliphatic heterocycles. The number of hydrogen-bond acceptors (Lipinski definition) is 5. The lowest BCUT2D eigenvalue weighted by Gasteiger charge is -2.26. The fraction of sp³-hybridized carbons (Fsp3) is 0.172. The number of rotatable bonds is 5. The Bertz CT molecular complexity index is 1550. The highest BCUT2D eigenvalue weighted by molar-refractivity contribution is 6.09. The number of nitrogens with one attached hydrogen (secondary N) is 1. The Labute approximate surface area is 208 Å². The molecule has 5 aromatic rings. The highest BCUT2D eigenvalue weighted by Gasteiger charge is 2.28. The summed E-state index contributed by atoms with van der Waals surface area (Å²) in [6.45, 7) is 2.59. The zero-order valence-electron chi connectivity index (χ0n) is 19.9. The van der Waals surface area contributed by atoms with E-state index in [-0.39, 0.29) is 5.91 Å². The van der Waals surface area contributed by atoms with Crippen LogP contribution in [0, 0.1) is 5.92 Å². The number of benzene rings is 1. The van der Waals surface area contributed by atoms with Crippen LogP contribution in [0.3, 0.4) is 0 Å². The van der Waals surface area contributed by atoms with Gasteiger partial charge in [0.15, 0.2) is 0 Å². The molecule has 1 N–H and O–H groups in total. The number of amides is 1. The van der Waals surface area contributed by atoms with Crippen molar-refractivity contribution < 1.29 is 9.21 Å². The average molecular weight is 476 g/mol. The smallest absolute Gasteiger partial charge is 0.252 e. The molecule has 4 aromatic heterocycles. The van der Waals surface area contributed by atoms with Gasteiger partial charge in [0.2, 0.25) is 0 Å². The zero-order chi connectivity index (χ0) is 24.5. The molecule has 0 spiro atoms. The SMILES string of the molecule is CC1C/C(=C\c2ccco2)c2nc3ccccc3c(C(=O)NCc3ccc(-n4ccnc4)nc3)c2C1. The molecule has 0 saturated carbocycles. The maximum atomic E-state index is 13.7. The standard InChI is InChI=1S/C29H25N5O2/c1-19-13-21(15-22-5-4-12-36-22)28-24(14-19)27(23-6-2-3-7-25(23)33-28)29(35)32-17-20-8-9-26(31-16-20)34-11-10-30-18-34/h2-12,15-16,18-19H,13-14,17H2,1H3,(H,32,35)/b21-15+. The second-order valence-corrected chi connectivity index (χ2v) is 9.21. The minimum Gasteiger partial charge on any atom is -0.465 e. The van der Waals surface area contributed by atoms with E-state index in [1.165, 1.54) is 0 Å². The van der Waals surface area contributed by atoms with Crippen molar-refractivity contribution in [1.82, 2.24) is 24.8 Å². The van der Waals surface area contributed by atoms with E-state index >= 15 is 0 Å². The second-order valence-electron chi connectivity index (χ2n) is 9.21. The van der Waals surface area contributed by atoms with E-state index in [1.54, 1.807) is 25.0 Å². The number of carbonyl (C=O) groups excluding carboxylic acids is 1. The fourth-order valence-electron chi connectivity index (χ4n) is 4.88. The van der Waals surface area contributed by atoms with Crippen LogP contribution in [0.4, 0.5) is 0 Å². The van der Waals surface area contributed by atoms with Crippen molar-refractivity contribution in [2.45, 2.75) is 26.3 Å². The first kappa shape index (κ1) is 22.0. The van der Waals surface area contributed by atoms with Gasteiger partial charge >= 0.3 is 0 Å². The van der Waals surface area contributed by atoms with Crippen molar-refractivity contribution in [3.63, 3.8) is 0 Å². The van der Waals surface area contributed by atoms with Gasteiger partial charge in [-0.15, -0.1) is 0 Å². The summed E-state index contributed by atoms with van der Waals surface area (Å²) >= 11 is 0. The summed E-state index contributed by atoms with van der Waals surface area (Å²) in [6, 6.07) is 15.6. The van der Waals surface area contributed by atoms with Gasteiger partial charge in [0, 0.05) is 30.5 Å². The third kappa shape index (κ3) is 4.20. The maximum absolute atomic E-state index is 13.7. The van der Waals surface area contributed by atoms with Crippen LogP contribution in [0.5, 0.6) is 0 Å². The minimum absolute atomic E-state index is 0.102. The van der Waals surface area contributed by atoms with Crippen LogP contribution in [0.25, 0.3) is 28.4 Å². The first-order valence-electron chi connectivity index (χ1n) is 12.0. The van der Waals surface area contributed by atoms with Crippen LogP contribution in [-0.2, 0) is 13.0 Å². The topological polar surface area (TPSA) is 85.8 Å². The van der Waals surface area contributed by atoms with Crippen LogP contribution in [-0.4, -0.2) is 25.4 Å². The molecular weight excluding hydrogens is 450 g/mol. The summed E-state index contributed by atoms with van der Waals surface area (Å²) in [4.78, 5) is 27.2. The van der Waals surface area contributed by atoms with Crippen molar-refractivity contribution >= 4 is 28.5 Å². The lowest BCUT2D eigenvalue weighted by Crippen LogP contribution is -2.27. The fourth-order valence-corrected chi connectivity index (χ4v) is 4.88. The van der Waals surface area contributed by atoms with Crippen molar-refractivity contribution in [3.8, 4) is 5.82 Å². The molecule has 36 heavy (non-hydrogen) atoms. The van der Waals surface area contributed by atoms with Crippen molar-refractivity contribution in [3.05, 3.63) is 108 Å². The summed E-state index contributed by atoms with van der Waals surface area (Å²) in [6.07, 6.45) is 12.4. The summed E-state index contributed by atoms with van der Waals surface area (Å²) in [7, 11) is 0. The molecule has 4 heterocycles. The molecule has 1 unspecified atom stereocenters. The number of aromatic nitrogens is 4. The molecule has 1 aliphatic carbocycles. The van der Waals surface area contributed by atoms with Crippen LogP contribution in [0.15, 0.2) is 84.1 Å². The van der Waals surface area contributed by atoms with E-state index in [0.717, 1.165) is 57.7 Å². The molecule has 1 atom stereocenters. The molecule has 1 aromatic carbocycles. The van der Waals surface area contributed by atoms with Crippen molar-refractivity contribution in [2.75, 3.05) is 0 Å². The van der Waals surface area contributed by atoms with Gasteiger partial charge in [-0.25, -0.2) is 15.0 Å². The first-order chi connectivity index (χ1) is 17.7. The third-order valence-electron chi connectivity index (χ3n) is 6.54. The van der Waals surface area contributed by atoms with E-state index in [0.29, 0.717) is 18.0 Å². The molecular formula is C29H25N5O2. The Balaban J connectivity index is 1.35. The number of allylic oxidation sites excluding steroid dienone is 1. The van der Waals surface area contributed by atoms with Gasteiger partial charge in [-0.3, -0.25) is 9.36 Å². The second kappa shape index (κ2) is 9.26. The highest BCUT2D eigenvalue weighted by Crippen LogP contribution is 2.38. The molecule has 0 saturated heterocycles. The van der Waals surface area contributed by atoms with E-state index in [4.69, 9.17) is 9.40 Å². The van der Waals surface area contributed by atoms with E-state index in [2.05, 4.69) is 22.2 Å². The number of para-hydroxylation sites is 1. The lowest BCUT2D eigenvalue weighted by atomic mass is 9.80. The van der Waals surface area contributed by atoms with Gasteiger partial charge in [-0.05, 0) is 65.8 Å². The molecule has 7 heteroatoms. The molecule has 1 aliphatic rings. The number of carbonyl (C=O) groups is 1. The van der Waals surface area contributed by atoms with Crippen LogP contribution >= 0.6 is 0 Å². The summed E-state index contributed by atoms with van der Waals surface area (Å²) in [5.41, 5.74) is 5.42. The number of hydrogen-bond donors (Lipinski definition) is 1. The zero-order valence-corrected chi connectivity index (χ0v) is 19.9. The lowest BCUT2D eigenvalue weighted by molar-refractivity contribution is 0.0951. The summed E-state index contributed by atoms with van der Waals surface area (Å²) < 4.78 is 7.42. The highest BCUT2D eigenvalue weighted by atomic mass is 16.3. The van der Waals surface area contributed by atoms with Crippen LogP contribution in [0.2, 0.25) is 0 Å². The van der Waals surface area contributed by atoms with E-state index in [9.17, 15) is 4.79 Å². The molecule has 1 amide bonds. The minimum atomic E-state index is -0.102. The number of furan rings is 1. The summed E-state index contributed by atoms with van der Waals surface area (Å²) in [5.74, 6) is 1.85. The third-order valence-corrected chi connectivity index (χ3v) is 6.54. The molecule has 6 rings (SSSR count). The maximum Gasteiger partial charge on any atom is 0.252 e. The van der Waals surface area contributed by atoms with Gasteiger partial charge in [-0.1, -0.05) is 31.2 Å². The van der Waals surface area contributed by atoms with Gasteiger partial charge in [-0.2, -0.15) is 0 Å². The Morgan fingerprint density at radius 2 is 2.08 bits per heavy atom. The summed E-state index contributed by atoms with van der Waals surface area (Å²) in [5, 5.41) is 3.99. The predicted molar refractivity (Wildman–Crippen MR) is 138 cm³/mol. The van der Waals surface area contributed by atoms with Gasteiger partial charge in [0.1, 0.15) is 17.9 Å². The van der Waals surface area contributed by atoms with E-state index in [1.807, 2.05) is 65.4 Å². The molecule has 0 bridgehead atoms. The van der Waals surface area contributed by atoms with Crippen LogP contribution in [0.1, 0.15) is 46.3 Å². The first-order valence-corrected chi connectivity index (χ1v) is 12.0. The Morgan fingerprint density at radius 1 is 1.17 bits per heavy atom. The van der Waals surface area contributed by atoms with Crippen molar-refractivity contribution in [1.29, 1.82) is 0 Å². The van der Waals surface area contributed by atoms with Gasteiger partial charge in [0.05, 0.1) is 23.0 Å². The Kier molecular flexibility index (Phi) is 5.65. The number of nitrogens with zero attached hydrogens (tertiary/aromatic N) is 4. The molecule has 178 valence electrons. The average Bonchev–Trinajstić information content (AvgIpc) is 3.61. The molecule has 0 radical (unpaired) electrons. The largest absolute Gasteiger partial charge is 0.465 e. The predicted octanol–water partition coefficient (Wildman–Crippen LogP) is 5.46. The van der Waals surface area contributed by atoms with Crippen molar-refractivity contribution in [2.24, 2.45) is 5.92 Å². The Morgan fingerprint density at radius 3 is 2.86 bits per heavy atom. The van der Waals surface area contributed by atoms with Gasteiger partial charge < -0.3 is 9.73 Å². The van der Waals surface area contributed by atoms with Gasteiger partial charge in [0.25, 0.3) is 5.91 Å². The molecule has 0 fully saturated rings. The molecule has 7 nitrogen and oxygen atoms in total. The van der Waals surface area contributed by atoms with E-state index < -0.39 is 0 Å². The Hall–Kier alpha value is -4.52. The number of fused-ring (bicyclic) bond motifs is 2. The normalized spacial score (nSPS) is 16.2. The monoisotopic (exact) mass is 475 g/mol. The van der Waals surface area contributed by atoms with Crippen LogP contribution < -0.4 is 5.32 Å². The number of imidazole rings is 1.